The summed E-state index contributed by atoms with van der Waals surface area (Å²) in [5.74, 6) is -1.83. The first-order valence-electron chi connectivity index (χ1n) is 10.5. The number of hydrogen-bond donors (Lipinski definition) is 2. The van der Waals surface area contributed by atoms with Gasteiger partial charge in [0.15, 0.2) is 5.78 Å². The van der Waals surface area contributed by atoms with Crippen LogP contribution in [0.15, 0.2) is 72.8 Å². The number of carbonyl (C=O) groups excluding carboxylic acids is 1. The van der Waals surface area contributed by atoms with Crippen molar-refractivity contribution in [2.24, 2.45) is 0 Å². The van der Waals surface area contributed by atoms with E-state index < -0.39 is 11.8 Å². The molecule has 0 atom stereocenters. The highest BCUT2D eigenvalue weighted by atomic mass is 16.4. The van der Waals surface area contributed by atoms with Gasteiger partial charge in [0.25, 0.3) is 0 Å². The average Bonchev–Trinajstić information content (AvgIpc) is 2.79. The molecule has 0 heterocycles. The summed E-state index contributed by atoms with van der Waals surface area (Å²) in [7, 11) is 0. The Hall–Kier alpha value is -3.60. The number of benzene rings is 3. The standard InChI is InChI=1S/C26H27NO4/c1-2-3-16-27(17-15-19-9-5-4-6-10-19)20-13-14-23(24(28)18-20)25(29)21-11-7-8-12-22(21)26(30)31/h4-14,18,28H,2-3,15-17H2,1H3,(H,30,31). The second-order valence-corrected chi connectivity index (χ2v) is 7.46. The zero-order chi connectivity index (χ0) is 22.2. The van der Waals surface area contributed by atoms with Crippen molar-refractivity contribution < 1.29 is 19.8 Å². The molecule has 0 amide bonds. The topological polar surface area (TPSA) is 77.8 Å². The highest BCUT2D eigenvalue weighted by Crippen LogP contribution is 2.28. The Morgan fingerprint density at radius 3 is 2.16 bits per heavy atom. The number of carboxylic acids is 1. The third kappa shape index (κ3) is 5.51. The van der Waals surface area contributed by atoms with Gasteiger partial charge in [-0.05, 0) is 36.6 Å². The molecule has 0 aromatic heterocycles. The molecule has 3 aromatic carbocycles. The summed E-state index contributed by atoms with van der Waals surface area (Å²) in [6.07, 6.45) is 2.94. The van der Waals surface area contributed by atoms with E-state index in [0.717, 1.165) is 38.0 Å². The Morgan fingerprint density at radius 2 is 1.52 bits per heavy atom. The summed E-state index contributed by atoms with van der Waals surface area (Å²) in [6.45, 7) is 3.77. The van der Waals surface area contributed by atoms with Crippen LogP contribution in [0.5, 0.6) is 5.75 Å². The lowest BCUT2D eigenvalue weighted by atomic mass is 9.97. The molecule has 0 aliphatic heterocycles. The van der Waals surface area contributed by atoms with Gasteiger partial charge >= 0.3 is 5.97 Å². The molecule has 0 spiro atoms. The van der Waals surface area contributed by atoms with Crippen molar-refractivity contribution in [1.29, 1.82) is 0 Å². The molecule has 0 aliphatic rings. The summed E-state index contributed by atoms with van der Waals surface area (Å²) in [5.41, 5.74) is 2.15. The second-order valence-electron chi connectivity index (χ2n) is 7.46. The molecular formula is C26H27NO4. The van der Waals surface area contributed by atoms with Crippen LogP contribution in [0.1, 0.15) is 51.6 Å². The van der Waals surface area contributed by atoms with Gasteiger partial charge in [0.05, 0.1) is 11.1 Å². The van der Waals surface area contributed by atoms with Crippen LogP contribution < -0.4 is 4.90 Å². The second kappa shape index (κ2) is 10.4. The van der Waals surface area contributed by atoms with Gasteiger partial charge in [-0.15, -0.1) is 0 Å². The van der Waals surface area contributed by atoms with Crippen LogP contribution in [-0.4, -0.2) is 35.1 Å². The third-order valence-corrected chi connectivity index (χ3v) is 5.29. The van der Waals surface area contributed by atoms with Crippen LogP contribution in [0, 0.1) is 0 Å². The molecule has 160 valence electrons. The number of aromatic carboxylic acids is 1. The largest absolute Gasteiger partial charge is 0.507 e. The van der Waals surface area contributed by atoms with E-state index in [9.17, 15) is 19.8 Å². The van der Waals surface area contributed by atoms with Crippen molar-refractivity contribution in [1.82, 2.24) is 0 Å². The molecule has 0 bridgehead atoms. The third-order valence-electron chi connectivity index (χ3n) is 5.29. The molecule has 0 aliphatic carbocycles. The molecular weight excluding hydrogens is 390 g/mol. The maximum atomic E-state index is 12.9. The molecule has 3 rings (SSSR count). The predicted octanol–water partition coefficient (Wildman–Crippen LogP) is 5.17. The zero-order valence-corrected chi connectivity index (χ0v) is 17.6. The van der Waals surface area contributed by atoms with Gasteiger partial charge < -0.3 is 15.1 Å². The molecule has 0 unspecified atom stereocenters. The minimum atomic E-state index is -1.17. The molecule has 2 N–H and O–H groups in total. The van der Waals surface area contributed by atoms with Crippen LogP contribution in [0.2, 0.25) is 0 Å². The first-order valence-corrected chi connectivity index (χ1v) is 10.5. The van der Waals surface area contributed by atoms with E-state index in [1.165, 1.54) is 17.7 Å². The first-order chi connectivity index (χ1) is 15.0. The summed E-state index contributed by atoms with van der Waals surface area (Å²) >= 11 is 0. The van der Waals surface area contributed by atoms with Crippen molar-refractivity contribution in [3.05, 3.63) is 95.1 Å². The minimum absolute atomic E-state index is 0.0602. The normalized spacial score (nSPS) is 10.6. The predicted molar refractivity (Wildman–Crippen MR) is 122 cm³/mol. The number of rotatable bonds is 10. The van der Waals surface area contributed by atoms with Gasteiger partial charge in [-0.25, -0.2) is 4.79 Å². The van der Waals surface area contributed by atoms with Gasteiger partial charge in [0.1, 0.15) is 5.75 Å². The number of anilines is 1. The summed E-state index contributed by atoms with van der Waals surface area (Å²) in [6, 6.07) is 21.2. The molecule has 5 heteroatoms. The molecule has 0 saturated carbocycles. The quantitative estimate of drug-likeness (QED) is 0.445. The number of hydrogen-bond acceptors (Lipinski definition) is 4. The highest BCUT2D eigenvalue weighted by molar-refractivity contribution is 6.15. The van der Waals surface area contributed by atoms with Crippen molar-refractivity contribution in [2.45, 2.75) is 26.2 Å². The Balaban J connectivity index is 1.84. The van der Waals surface area contributed by atoms with Crippen molar-refractivity contribution >= 4 is 17.4 Å². The van der Waals surface area contributed by atoms with Crippen LogP contribution in [-0.2, 0) is 6.42 Å². The van der Waals surface area contributed by atoms with E-state index >= 15 is 0 Å². The van der Waals surface area contributed by atoms with E-state index in [4.69, 9.17) is 0 Å². The van der Waals surface area contributed by atoms with Gasteiger partial charge in [-0.3, -0.25) is 4.79 Å². The van der Waals surface area contributed by atoms with Gasteiger partial charge in [0, 0.05) is 30.4 Å². The number of unbranched alkanes of at least 4 members (excludes halogenated alkanes) is 1. The van der Waals surface area contributed by atoms with Crippen molar-refractivity contribution in [3.8, 4) is 5.75 Å². The number of nitrogens with zero attached hydrogens (tertiary/aromatic N) is 1. The van der Waals surface area contributed by atoms with E-state index in [1.807, 2.05) is 24.3 Å². The Morgan fingerprint density at radius 1 is 0.839 bits per heavy atom. The molecule has 5 nitrogen and oxygen atoms in total. The molecule has 0 radical (unpaired) electrons. The summed E-state index contributed by atoms with van der Waals surface area (Å²) < 4.78 is 0. The first kappa shape index (κ1) is 22.1. The lowest BCUT2D eigenvalue weighted by Gasteiger charge is -2.25. The SMILES string of the molecule is CCCCN(CCc1ccccc1)c1ccc(C(=O)c2ccccc2C(=O)O)c(O)c1. The van der Waals surface area contributed by atoms with Gasteiger partial charge in [-0.2, -0.15) is 0 Å². The molecule has 31 heavy (non-hydrogen) atoms. The highest BCUT2D eigenvalue weighted by Gasteiger charge is 2.20. The smallest absolute Gasteiger partial charge is 0.336 e. The zero-order valence-electron chi connectivity index (χ0n) is 17.6. The Bertz CT molecular complexity index is 1050. The van der Waals surface area contributed by atoms with Gasteiger partial charge in [-0.1, -0.05) is 61.9 Å². The molecule has 0 fully saturated rings. The van der Waals surface area contributed by atoms with Crippen molar-refractivity contribution in [3.63, 3.8) is 0 Å². The van der Waals surface area contributed by atoms with Gasteiger partial charge in [0.2, 0.25) is 0 Å². The number of aromatic hydroxyl groups is 1. The van der Waals surface area contributed by atoms with Crippen molar-refractivity contribution in [2.75, 3.05) is 18.0 Å². The van der Waals surface area contributed by atoms with Crippen LogP contribution in [0.4, 0.5) is 5.69 Å². The van der Waals surface area contributed by atoms with Crippen LogP contribution in [0.3, 0.4) is 0 Å². The number of phenolic OH excluding ortho intramolecular Hbond substituents is 1. The lowest BCUT2D eigenvalue weighted by Crippen LogP contribution is -2.27. The maximum Gasteiger partial charge on any atom is 0.336 e. The Labute approximate surface area is 182 Å². The molecule has 0 saturated heterocycles. The van der Waals surface area contributed by atoms with E-state index in [2.05, 4.69) is 24.0 Å². The fourth-order valence-electron chi connectivity index (χ4n) is 3.55. The van der Waals surface area contributed by atoms with E-state index in [1.54, 1.807) is 24.3 Å². The van der Waals surface area contributed by atoms with Crippen LogP contribution in [0.25, 0.3) is 0 Å². The monoisotopic (exact) mass is 417 g/mol. The average molecular weight is 418 g/mol. The van der Waals surface area contributed by atoms with Crippen LogP contribution >= 0.6 is 0 Å². The summed E-state index contributed by atoms with van der Waals surface area (Å²) in [5, 5.41) is 20.0. The van der Waals surface area contributed by atoms with E-state index in [-0.39, 0.29) is 22.4 Å². The summed E-state index contributed by atoms with van der Waals surface area (Å²) in [4.78, 5) is 26.6. The van der Waals surface area contributed by atoms with E-state index in [0.29, 0.717) is 0 Å². The fourth-order valence-corrected chi connectivity index (χ4v) is 3.55. The Kier molecular flexibility index (Phi) is 7.44. The molecule has 3 aromatic rings. The minimum Gasteiger partial charge on any atom is -0.507 e. The number of phenols is 1. The lowest BCUT2D eigenvalue weighted by molar-refractivity contribution is 0.0692. The fraction of sp³-hybridized carbons (Fsp3) is 0.231. The maximum absolute atomic E-state index is 12.9. The number of ketones is 1. The number of carboxylic acid groups (broad SMARTS) is 1. The number of carbonyl (C=O) groups is 2.